The molecule has 3 aromatic carbocycles. The number of nitrogens with zero attached hydrogens (tertiary/aromatic N) is 2. The van der Waals surface area contributed by atoms with Gasteiger partial charge in [0.25, 0.3) is 0 Å². The number of hydrogen-bond acceptors (Lipinski definition) is 3. The SMILES string of the molecule is CC(C)N1CCN(c2ccc(C3=C(c4ccc(F)cc4F)CCc4cc(C(=O)O)ccc43)cc2)CC1. The fourth-order valence-electron chi connectivity index (χ4n) is 5.39. The summed E-state index contributed by atoms with van der Waals surface area (Å²) in [5.41, 5.74) is 6.19. The van der Waals surface area contributed by atoms with Gasteiger partial charge in [-0.15, -0.1) is 0 Å². The third-order valence-electron chi connectivity index (χ3n) is 7.39. The minimum Gasteiger partial charge on any atom is -0.478 e. The maximum absolute atomic E-state index is 14.9. The van der Waals surface area contributed by atoms with Crippen molar-refractivity contribution in [2.75, 3.05) is 31.1 Å². The molecule has 2 aliphatic rings. The number of rotatable bonds is 5. The van der Waals surface area contributed by atoms with Crippen LogP contribution in [0.1, 0.15) is 52.9 Å². The Kier molecular flexibility index (Phi) is 6.63. The second kappa shape index (κ2) is 9.86. The van der Waals surface area contributed by atoms with Crippen molar-refractivity contribution in [3.8, 4) is 0 Å². The van der Waals surface area contributed by atoms with Gasteiger partial charge < -0.3 is 10.0 Å². The Morgan fingerprint density at radius 1 is 0.861 bits per heavy atom. The van der Waals surface area contributed by atoms with Gasteiger partial charge >= 0.3 is 5.97 Å². The first kappa shape index (κ1) is 24.2. The fraction of sp³-hybridized carbons (Fsp3) is 0.300. The van der Waals surface area contributed by atoms with Gasteiger partial charge in [-0.1, -0.05) is 18.2 Å². The lowest BCUT2D eigenvalue weighted by Crippen LogP contribution is -2.48. The van der Waals surface area contributed by atoms with Crippen LogP contribution in [0.15, 0.2) is 60.7 Å². The number of allylic oxidation sites excluding steroid dienone is 1. The summed E-state index contributed by atoms with van der Waals surface area (Å²) in [5.74, 6) is -2.17. The monoisotopic (exact) mass is 488 g/mol. The topological polar surface area (TPSA) is 43.8 Å². The van der Waals surface area contributed by atoms with Crippen LogP contribution < -0.4 is 4.90 Å². The zero-order valence-electron chi connectivity index (χ0n) is 20.6. The Labute approximate surface area is 210 Å². The molecular weight excluding hydrogens is 458 g/mol. The summed E-state index contributed by atoms with van der Waals surface area (Å²) < 4.78 is 28.6. The van der Waals surface area contributed by atoms with Gasteiger partial charge in [0, 0.05) is 49.5 Å². The summed E-state index contributed by atoms with van der Waals surface area (Å²) in [5, 5.41) is 9.46. The lowest BCUT2D eigenvalue weighted by molar-refractivity contribution is 0.0696. The second-order valence-corrected chi connectivity index (χ2v) is 9.82. The van der Waals surface area contributed by atoms with Crippen molar-refractivity contribution >= 4 is 22.8 Å². The highest BCUT2D eigenvalue weighted by molar-refractivity contribution is 6.01. The van der Waals surface area contributed by atoms with Gasteiger partial charge in [-0.2, -0.15) is 0 Å². The van der Waals surface area contributed by atoms with Gasteiger partial charge in [0.1, 0.15) is 11.6 Å². The predicted molar refractivity (Wildman–Crippen MR) is 139 cm³/mol. The quantitative estimate of drug-likeness (QED) is 0.471. The molecule has 1 fully saturated rings. The molecule has 1 saturated heterocycles. The zero-order valence-corrected chi connectivity index (χ0v) is 20.6. The summed E-state index contributed by atoms with van der Waals surface area (Å²) in [6.07, 6.45) is 1.12. The number of aromatic carboxylic acids is 1. The first-order valence-electron chi connectivity index (χ1n) is 12.5. The number of carboxylic acid groups (broad SMARTS) is 1. The van der Waals surface area contributed by atoms with Gasteiger partial charge in [0.15, 0.2) is 0 Å². The molecule has 0 radical (unpaired) electrons. The van der Waals surface area contributed by atoms with Crippen LogP contribution in [0, 0.1) is 11.6 Å². The summed E-state index contributed by atoms with van der Waals surface area (Å²) in [6, 6.07) is 17.7. The van der Waals surface area contributed by atoms with Gasteiger partial charge in [-0.25, -0.2) is 13.6 Å². The number of hydrogen-bond donors (Lipinski definition) is 1. The zero-order chi connectivity index (χ0) is 25.4. The lowest BCUT2D eigenvalue weighted by atomic mass is 9.79. The van der Waals surface area contributed by atoms with E-state index in [1.807, 2.05) is 6.07 Å². The predicted octanol–water partition coefficient (Wildman–Crippen LogP) is 6.10. The molecule has 0 aromatic heterocycles. The van der Waals surface area contributed by atoms with Crippen molar-refractivity contribution in [3.05, 3.63) is 100 Å². The first-order chi connectivity index (χ1) is 17.3. The number of aryl methyl sites for hydroxylation is 1. The summed E-state index contributed by atoms with van der Waals surface area (Å²) in [6.45, 7) is 8.43. The van der Waals surface area contributed by atoms with E-state index in [4.69, 9.17) is 0 Å². The molecule has 0 saturated carbocycles. The van der Waals surface area contributed by atoms with E-state index in [0.29, 0.717) is 24.4 Å². The number of piperazine rings is 1. The largest absolute Gasteiger partial charge is 0.478 e. The first-order valence-corrected chi connectivity index (χ1v) is 12.5. The fourth-order valence-corrected chi connectivity index (χ4v) is 5.39. The second-order valence-electron chi connectivity index (χ2n) is 9.82. The Morgan fingerprint density at radius 2 is 1.56 bits per heavy atom. The van der Waals surface area contributed by atoms with Crippen LogP contribution in [0.4, 0.5) is 14.5 Å². The van der Waals surface area contributed by atoms with Crippen LogP contribution in [-0.4, -0.2) is 48.2 Å². The number of carboxylic acids is 1. The number of halogens is 2. The van der Waals surface area contributed by atoms with E-state index < -0.39 is 17.6 Å². The molecule has 0 amide bonds. The number of carbonyl (C=O) groups is 1. The van der Waals surface area contributed by atoms with E-state index >= 15 is 0 Å². The Bertz CT molecular complexity index is 1320. The molecule has 6 heteroatoms. The van der Waals surface area contributed by atoms with Crippen molar-refractivity contribution in [1.29, 1.82) is 0 Å². The van der Waals surface area contributed by atoms with Crippen LogP contribution in [0.25, 0.3) is 11.1 Å². The van der Waals surface area contributed by atoms with E-state index in [-0.39, 0.29) is 5.56 Å². The molecule has 1 aliphatic heterocycles. The molecule has 5 rings (SSSR count). The molecule has 4 nitrogen and oxygen atoms in total. The van der Waals surface area contributed by atoms with E-state index in [9.17, 15) is 18.7 Å². The van der Waals surface area contributed by atoms with Crippen LogP contribution in [0.3, 0.4) is 0 Å². The smallest absolute Gasteiger partial charge is 0.335 e. The normalized spacial score (nSPS) is 16.4. The summed E-state index contributed by atoms with van der Waals surface area (Å²) >= 11 is 0. The highest BCUT2D eigenvalue weighted by atomic mass is 19.1. The molecular formula is C30H30F2N2O2. The Hall–Kier alpha value is -3.51. The number of fused-ring (bicyclic) bond motifs is 1. The minimum atomic E-state index is -0.972. The van der Waals surface area contributed by atoms with Crippen LogP contribution in [0.2, 0.25) is 0 Å². The number of benzene rings is 3. The van der Waals surface area contributed by atoms with Crippen molar-refractivity contribution < 1.29 is 18.7 Å². The van der Waals surface area contributed by atoms with Gasteiger partial charge in [-0.05, 0) is 90.9 Å². The third kappa shape index (κ3) is 4.65. The standard InChI is InChI=1S/C30H30F2N2O2/c1-19(2)33-13-15-34(16-14-33)24-8-3-20(4-9-24)29-25-10-6-22(30(35)36)17-21(25)5-11-27(29)26-12-7-23(31)18-28(26)32/h3-4,6-10,12,17-19H,5,11,13-16H2,1-2H3,(H,35,36). The van der Waals surface area contributed by atoms with Crippen molar-refractivity contribution in [3.63, 3.8) is 0 Å². The van der Waals surface area contributed by atoms with Crippen LogP contribution >= 0.6 is 0 Å². The average molecular weight is 489 g/mol. The highest BCUT2D eigenvalue weighted by Crippen LogP contribution is 2.42. The van der Waals surface area contributed by atoms with Gasteiger partial charge in [0.05, 0.1) is 5.56 Å². The van der Waals surface area contributed by atoms with Crippen molar-refractivity contribution in [2.45, 2.75) is 32.7 Å². The maximum Gasteiger partial charge on any atom is 0.335 e. The molecule has 0 unspecified atom stereocenters. The molecule has 0 atom stereocenters. The van der Waals surface area contributed by atoms with Gasteiger partial charge in [0.2, 0.25) is 0 Å². The molecule has 3 aromatic rings. The molecule has 36 heavy (non-hydrogen) atoms. The molecule has 1 heterocycles. The lowest BCUT2D eigenvalue weighted by Gasteiger charge is -2.38. The maximum atomic E-state index is 14.9. The van der Waals surface area contributed by atoms with E-state index in [0.717, 1.165) is 65.8 Å². The summed E-state index contributed by atoms with van der Waals surface area (Å²) in [4.78, 5) is 16.4. The van der Waals surface area contributed by atoms with Crippen molar-refractivity contribution in [1.82, 2.24) is 4.90 Å². The van der Waals surface area contributed by atoms with E-state index in [2.05, 4.69) is 47.9 Å². The molecule has 1 aliphatic carbocycles. The Morgan fingerprint density at radius 3 is 2.19 bits per heavy atom. The molecule has 0 bridgehead atoms. The molecule has 186 valence electrons. The highest BCUT2D eigenvalue weighted by Gasteiger charge is 2.25. The van der Waals surface area contributed by atoms with Crippen molar-refractivity contribution in [2.24, 2.45) is 0 Å². The molecule has 0 spiro atoms. The van der Waals surface area contributed by atoms with E-state index in [1.165, 1.54) is 12.1 Å². The minimum absolute atomic E-state index is 0.236. The Balaban J connectivity index is 1.56. The average Bonchev–Trinajstić information content (AvgIpc) is 2.88. The number of anilines is 1. The van der Waals surface area contributed by atoms with Crippen LogP contribution in [-0.2, 0) is 6.42 Å². The van der Waals surface area contributed by atoms with E-state index in [1.54, 1.807) is 12.1 Å². The third-order valence-corrected chi connectivity index (χ3v) is 7.39. The van der Waals surface area contributed by atoms with Crippen LogP contribution in [0.5, 0.6) is 0 Å². The molecule has 1 N–H and O–H groups in total. The summed E-state index contributed by atoms with van der Waals surface area (Å²) in [7, 11) is 0. The van der Waals surface area contributed by atoms with Gasteiger partial charge in [-0.3, -0.25) is 4.90 Å².